The molecule has 1 aromatic carbocycles. The minimum absolute atomic E-state index is 0.258. The molecule has 102 valence electrons. The normalized spacial score (nSPS) is 12.2. The summed E-state index contributed by atoms with van der Waals surface area (Å²) in [4.78, 5) is 0. The van der Waals surface area contributed by atoms with E-state index in [1.165, 1.54) is 0 Å². The molecule has 0 saturated carbocycles. The highest BCUT2D eigenvalue weighted by molar-refractivity contribution is 5.41. The van der Waals surface area contributed by atoms with Crippen molar-refractivity contribution in [2.45, 2.75) is 26.6 Å². The molecule has 0 aliphatic rings. The standard InChI is InChI=1S/C14H17NO4/c1-9-6-12(19-15-9)8-18-14-7-11(17-3)4-5-13(14)10(2)16/h4-7,10,16H,8H2,1-3H3. The summed E-state index contributed by atoms with van der Waals surface area (Å²) in [5.74, 6) is 1.88. The molecule has 0 radical (unpaired) electrons. The molecule has 0 amide bonds. The number of ether oxygens (including phenoxy) is 2. The summed E-state index contributed by atoms with van der Waals surface area (Å²) in [6.07, 6.45) is -0.614. The third-order valence-corrected chi connectivity index (χ3v) is 2.72. The molecular weight excluding hydrogens is 246 g/mol. The van der Waals surface area contributed by atoms with Gasteiger partial charge in [-0.1, -0.05) is 5.16 Å². The van der Waals surface area contributed by atoms with E-state index in [2.05, 4.69) is 5.16 Å². The Morgan fingerprint density at radius 1 is 1.37 bits per heavy atom. The molecular formula is C14H17NO4. The van der Waals surface area contributed by atoms with Gasteiger partial charge in [0, 0.05) is 17.7 Å². The Kier molecular flexibility index (Phi) is 4.06. The zero-order chi connectivity index (χ0) is 13.8. The molecule has 1 N–H and O–H groups in total. The smallest absolute Gasteiger partial charge is 0.174 e. The summed E-state index contributed by atoms with van der Waals surface area (Å²) in [6.45, 7) is 3.79. The fraction of sp³-hybridized carbons (Fsp3) is 0.357. The van der Waals surface area contributed by atoms with Gasteiger partial charge in [-0.25, -0.2) is 0 Å². The number of hydrogen-bond donors (Lipinski definition) is 1. The molecule has 0 bridgehead atoms. The number of aliphatic hydroxyl groups excluding tert-OH is 1. The monoisotopic (exact) mass is 263 g/mol. The Labute approximate surface area is 111 Å². The fourth-order valence-corrected chi connectivity index (χ4v) is 1.75. The van der Waals surface area contributed by atoms with Crippen molar-refractivity contribution >= 4 is 0 Å². The highest BCUT2D eigenvalue weighted by Gasteiger charge is 2.12. The van der Waals surface area contributed by atoms with Gasteiger partial charge in [0.25, 0.3) is 0 Å². The summed E-state index contributed by atoms with van der Waals surface area (Å²) >= 11 is 0. The van der Waals surface area contributed by atoms with E-state index in [4.69, 9.17) is 14.0 Å². The molecule has 5 heteroatoms. The first-order valence-corrected chi connectivity index (χ1v) is 6.01. The van der Waals surface area contributed by atoms with Crippen molar-refractivity contribution in [1.29, 1.82) is 0 Å². The Hall–Kier alpha value is -2.01. The maximum Gasteiger partial charge on any atom is 0.174 e. The Morgan fingerprint density at radius 2 is 2.16 bits per heavy atom. The molecule has 0 aliphatic carbocycles. The van der Waals surface area contributed by atoms with Crippen LogP contribution in [-0.2, 0) is 6.61 Å². The number of aryl methyl sites for hydroxylation is 1. The highest BCUT2D eigenvalue weighted by atomic mass is 16.5. The Balaban J connectivity index is 2.17. The van der Waals surface area contributed by atoms with Crippen LogP contribution in [0.1, 0.15) is 30.0 Å². The third kappa shape index (κ3) is 3.26. The van der Waals surface area contributed by atoms with Crippen LogP contribution >= 0.6 is 0 Å². The lowest BCUT2D eigenvalue weighted by Gasteiger charge is -2.13. The van der Waals surface area contributed by atoms with E-state index in [1.54, 1.807) is 32.2 Å². The minimum Gasteiger partial charge on any atom is -0.497 e. The second-order valence-corrected chi connectivity index (χ2v) is 4.30. The quantitative estimate of drug-likeness (QED) is 0.898. The zero-order valence-corrected chi connectivity index (χ0v) is 11.2. The predicted molar refractivity (Wildman–Crippen MR) is 69.2 cm³/mol. The number of aliphatic hydroxyl groups is 1. The van der Waals surface area contributed by atoms with Crippen LogP contribution in [0.15, 0.2) is 28.8 Å². The van der Waals surface area contributed by atoms with Crippen LogP contribution < -0.4 is 9.47 Å². The number of methoxy groups -OCH3 is 1. The van der Waals surface area contributed by atoms with E-state index in [-0.39, 0.29) is 6.61 Å². The van der Waals surface area contributed by atoms with E-state index >= 15 is 0 Å². The van der Waals surface area contributed by atoms with Gasteiger partial charge < -0.3 is 19.1 Å². The lowest BCUT2D eigenvalue weighted by molar-refractivity contribution is 0.186. The largest absolute Gasteiger partial charge is 0.497 e. The summed E-state index contributed by atoms with van der Waals surface area (Å²) in [6, 6.07) is 7.12. The SMILES string of the molecule is COc1ccc(C(C)O)c(OCc2cc(C)no2)c1. The second-order valence-electron chi connectivity index (χ2n) is 4.30. The van der Waals surface area contributed by atoms with Crippen LogP contribution in [0, 0.1) is 6.92 Å². The minimum atomic E-state index is -0.614. The van der Waals surface area contributed by atoms with Crippen LogP contribution in [0.3, 0.4) is 0 Å². The van der Waals surface area contributed by atoms with E-state index in [0.717, 1.165) is 5.69 Å². The van der Waals surface area contributed by atoms with Gasteiger partial charge in [-0.2, -0.15) is 0 Å². The molecule has 2 aromatic rings. The van der Waals surface area contributed by atoms with E-state index in [1.807, 2.05) is 13.0 Å². The van der Waals surface area contributed by atoms with Crippen molar-refractivity contribution in [1.82, 2.24) is 5.16 Å². The lowest BCUT2D eigenvalue weighted by Crippen LogP contribution is -2.01. The van der Waals surface area contributed by atoms with E-state index in [0.29, 0.717) is 22.8 Å². The second kappa shape index (κ2) is 5.75. The predicted octanol–water partition coefficient (Wildman–Crippen LogP) is 2.62. The molecule has 2 rings (SSSR count). The first-order valence-electron chi connectivity index (χ1n) is 6.01. The van der Waals surface area contributed by atoms with Gasteiger partial charge in [0.1, 0.15) is 18.1 Å². The van der Waals surface area contributed by atoms with Gasteiger partial charge in [-0.05, 0) is 26.0 Å². The summed E-state index contributed by atoms with van der Waals surface area (Å²) in [5.41, 5.74) is 1.51. The summed E-state index contributed by atoms with van der Waals surface area (Å²) in [7, 11) is 1.58. The van der Waals surface area contributed by atoms with Crippen molar-refractivity contribution in [2.75, 3.05) is 7.11 Å². The molecule has 1 heterocycles. The first-order chi connectivity index (χ1) is 9.10. The average Bonchev–Trinajstić information content (AvgIpc) is 2.81. The van der Waals surface area contributed by atoms with Crippen molar-refractivity contribution < 1.29 is 19.1 Å². The number of hydrogen-bond acceptors (Lipinski definition) is 5. The third-order valence-electron chi connectivity index (χ3n) is 2.72. The van der Waals surface area contributed by atoms with Crippen LogP contribution in [0.5, 0.6) is 11.5 Å². The van der Waals surface area contributed by atoms with Crippen molar-refractivity contribution in [3.8, 4) is 11.5 Å². The van der Waals surface area contributed by atoms with Crippen molar-refractivity contribution in [2.24, 2.45) is 0 Å². The first kappa shape index (κ1) is 13.4. The van der Waals surface area contributed by atoms with Crippen molar-refractivity contribution in [3.63, 3.8) is 0 Å². The molecule has 5 nitrogen and oxygen atoms in total. The molecule has 19 heavy (non-hydrogen) atoms. The maximum atomic E-state index is 9.71. The zero-order valence-electron chi connectivity index (χ0n) is 11.2. The van der Waals surface area contributed by atoms with Gasteiger partial charge in [0.15, 0.2) is 5.76 Å². The van der Waals surface area contributed by atoms with E-state index in [9.17, 15) is 5.11 Å². The van der Waals surface area contributed by atoms with Crippen LogP contribution in [-0.4, -0.2) is 17.4 Å². The average molecular weight is 263 g/mol. The summed E-state index contributed by atoms with van der Waals surface area (Å²) in [5, 5.41) is 13.5. The number of rotatable bonds is 5. The molecule has 1 unspecified atom stereocenters. The Morgan fingerprint density at radius 3 is 2.74 bits per heavy atom. The van der Waals surface area contributed by atoms with Gasteiger partial charge in [-0.15, -0.1) is 0 Å². The van der Waals surface area contributed by atoms with Gasteiger partial charge in [0.2, 0.25) is 0 Å². The van der Waals surface area contributed by atoms with Gasteiger partial charge >= 0.3 is 0 Å². The number of benzene rings is 1. The van der Waals surface area contributed by atoms with Gasteiger partial charge in [0.05, 0.1) is 18.9 Å². The molecule has 1 atom stereocenters. The number of nitrogens with zero attached hydrogens (tertiary/aromatic N) is 1. The van der Waals surface area contributed by atoms with Crippen LogP contribution in [0.4, 0.5) is 0 Å². The number of aromatic nitrogens is 1. The fourth-order valence-electron chi connectivity index (χ4n) is 1.75. The molecule has 0 saturated heterocycles. The van der Waals surface area contributed by atoms with Crippen molar-refractivity contribution in [3.05, 3.63) is 41.3 Å². The van der Waals surface area contributed by atoms with Crippen LogP contribution in [0.25, 0.3) is 0 Å². The van der Waals surface area contributed by atoms with Gasteiger partial charge in [-0.3, -0.25) is 0 Å². The Bertz CT molecular complexity index is 548. The van der Waals surface area contributed by atoms with Crippen LogP contribution in [0.2, 0.25) is 0 Å². The molecule has 1 aromatic heterocycles. The molecule has 0 fully saturated rings. The highest BCUT2D eigenvalue weighted by Crippen LogP contribution is 2.30. The van der Waals surface area contributed by atoms with E-state index < -0.39 is 6.10 Å². The maximum absolute atomic E-state index is 9.71. The topological polar surface area (TPSA) is 64.7 Å². The summed E-state index contributed by atoms with van der Waals surface area (Å²) < 4.78 is 15.9. The molecule has 0 spiro atoms. The lowest BCUT2D eigenvalue weighted by atomic mass is 10.1. The molecule has 0 aliphatic heterocycles.